The second-order valence-corrected chi connectivity index (χ2v) is 6.34. The fraction of sp³-hybridized carbons (Fsp3) is 0.667. The van der Waals surface area contributed by atoms with Crippen LogP contribution in [0.2, 0.25) is 0 Å². The van der Waals surface area contributed by atoms with Crippen molar-refractivity contribution in [2.75, 3.05) is 31.9 Å². The van der Waals surface area contributed by atoms with Gasteiger partial charge in [0.2, 0.25) is 5.91 Å². The van der Waals surface area contributed by atoms with Crippen molar-refractivity contribution < 1.29 is 4.79 Å². The first-order valence-corrected chi connectivity index (χ1v) is 8.83. The second-order valence-electron chi connectivity index (χ2n) is 5.36. The van der Waals surface area contributed by atoms with Crippen LogP contribution in [0.4, 0.5) is 0 Å². The van der Waals surface area contributed by atoms with Gasteiger partial charge in [-0.15, -0.1) is 0 Å². The molecule has 0 saturated carbocycles. The maximum atomic E-state index is 12.2. The van der Waals surface area contributed by atoms with E-state index in [-0.39, 0.29) is 17.4 Å². The molecule has 1 aromatic heterocycles. The number of carbonyl (C=O) groups is 1. The van der Waals surface area contributed by atoms with Crippen LogP contribution in [0.15, 0.2) is 22.2 Å². The summed E-state index contributed by atoms with van der Waals surface area (Å²) in [5.74, 6) is 0.555. The number of hydrogen-bond donors (Lipinski definition) is 1. The van der Waals surface area contributed by atoms with Gasteiger partial charge in [-0.05, 0) is 26.1 Å². The van der Waals surface area contributed by atoms with Gasteiger partial charge in [-0.3, -0.25) is 14.2 Å². The van der Waals surface area contributed by atoms with Gasteiger partial charge in [0.15, 0.2) is 5.16 Å². The molecule has 1 amide bonds. The zero-order valence-corrected chi connectivity index (χ0v) is 14.1. The van der Waals surface area contributed by atoms with Crippen LogP contribution in [0.5, 0.6) is 0 Å². The molecular formula is C15H24N4O2S. The number of thioether (sulfide) groups is 1. The minimum atomic E-state index is -0.159. The number of hydrogen-bond acceptors (Lipinski definition) is 5. The molecule has 2 heterocycles. The third kappa shape index (κ3) is 4.33. The van der Waals surface area contributed by atoms with Crippen LogP contribution in [0.3, 0.4) is 0 Å². The van der Waals surface area contributed by atoms with Crippen molar-refractivity contribution in [3.63, 3.8) is 0 Å². The second kappa shape index (κ2) is 8.33. The number of rotatable bonds is 7. The van der Waals surface area contributed by atoms with E-state index in [2.05, 4.69) is 29.0 Å². The minimum absolute atomic E-state index is 0.0356. The maximum absolute atomic E-state index is 12.2. The summed E-state index contributed by atoms with van der Waals surface area (Å²) in [6.45, 7) is 8.48. The van der Waals surface area contributed by atoms with Crippen LogP contribution in [-0.4, -0.2) is 52.3 Å². The lowest BCUT2D eigenvalue weighted by Gasteiger charge is -2.24. The van der Waals surface area contributed by atoms with Gasteiger partial charge < -0.3 is 10.2 Å². The fourth-order valence-electron chi connectivity index (χ4n) is 2.51. The van der Waals surface area contributed by atoms with Crippen LogP contribution in [0, 0.1) is 5.92 Å². The predicted molar refractivity (Wildman–Crippen MR) is 88.1 cm³/mol. The summed E-state index contributed by atoms with van der Waals surface area (Å²) in [6.07, 6.45) is 2.47. The van der Waals surface area contributed by atoms with E-state index in [4.69, 9.17) is 0 Å². The quantitative estimate of drug-likeness (QED) is 0.594. The fourth-order valence-corrected chi connectivity index (χ4v) is 3.57. The van der Waals surface area contributed by atoms with E-state index in [9.17, 15) is 9.59 Å². The zero-order valence-electron chi connectivity index (χ0n) is 13.2. The van der Waals surface area contributed by atoms with E-state index in [0.717, 1.165) is 26.1 Å². The molecule has 1 aromatic rings. The highest BCUT2D eigenvalue weighted by Gasteiger charge is 2.26. The third-order valence-electron chi connectivity index (χ3n) is 3.93. The summed E-state index contributed by atoms with van der Waals surface area (Å²) in [5.41, 5.74) is -0.0865. The molecule has 0 aromatic carbocycles. The molecule has 0 radical (unpaired) electrons. The summed E-state index contributed by atoms with van der Waals surface area (Å²) in [5, 5.41) is 3.70. The van der Waals surface area contributed by atoms with Crippen LogP contribution >= 0.6 is 11.8 Å². The summed E-state index contributed by atoms with van der Waals surface area (Å²) in [7, 11) is 0. The molecule has 1 atom stereocenters. The van der Waals surface area contributed by atoms with Gasteiger partial charge >= 0.3 is 0 Å². The number of fused-ring (bicyclic) bond motifs is 1. The van der Waals surface area contributed by atoms with E-state index in [0.29, 0.717) is 24.0 Å². The Balaban J connectivity index is 1.80. The number of amides is 1. The predicted octanol–water partition coefficient (Wildman–Crippen LogP) is 0.813. The first-order chi connectivity index (χ1) is 10.7. The molecule has 6 nitrogen and oxygen atoms in total. The van der Waals surface area contributed by atoms with Crippen molar-refractivity contribution >= 4 is 17.7 Å². The standard InChI is InChI=1S/C15H24N4O2S/c1-3-18(4-2)9-5-7-16-14(21)12-10-19-13(20)6-8-17-15(19)22-11-12/h6,8,12H,3-5,7,9-11H2,1-2H3,(H,16,21). The Bertz CT molecular complexity index is 557. The summed E-state index contributed by atoms with van der Waals surface area (Å²) >= 11 is 1.47. The Morgan fingerprint density at radius 1 is 1.50 bits per heavy atom. The Labute approximate surface area is 135 Å². The van der Waals surface area contributed by atoms with Crippen LogP contribution in [0.1, 0.15) is 20.3 Å². The van der Waals surface area contributed by atoms with E-state index in [1.165, 1.54) is 24.0 Å². The van der Waals surface area contributed by atoms with E-state index in [1.54, 1.807) is 4.57 Å². The molecule has 122 valence electrons. The molecule has 1 aliphatic rings. The van der Waals surface area contributed by atoms with Crippen molar-refractivity contribution in [2.45, 2.75) is 32.0 Å². The monoisotopic (exact) mass is 324 g/mol. The van der Waals surface area contributed by atoms with Gasteiger partial charge in [0.1, 0.15) is 0 Å². The van der Waals surface area contributed by atoms with Gasteiger partial charge in [-0.1, -0.05) is 25.6 Å². The lowest BCUT2D eigenvalue weighted by atomic mass is 10.1. The highest BCUT2D eigenvalue weighted by molar-refractivity contribution is 7.99. The van der Waals surface area contributed by atoms with Crippen molar-refractivity contribution in [2.24, 2.45) is 5.92 Å². The molecule has 1 unspecified atom stereocenters. The Hall–Kier alpha value is -1.34. The summed E-state index contributed by atoms with van der Waals surface area (Å²) in [6, 6.07) is 1.44. The van der Waals surface area contributed by atoms with Crippen molar-refractivity contribution in [1.82, 2.24) is 19.8 Å². The van der Waals surface area contributed by atoms with Gasteiger partial charge in [0.05, 0.1) is 5.92 Å². The molecule has 7 heteroatoms. The normalized spacial score (nSPS) is 17.3. The number of carbonyl (C=O) groups excluding carboxylic acids is 1. The largest absolute Gasteiger partial charge is 0.356 e. The summed E-state index contributed by atoms with van der Waals surface area (Å²) in [4.78, 5) is 30.5. The molecular weight excluding hydrogens is 300 g/mol. The number of aromatic nitrogens is 2. The number of nitrogens with one attached hydrogen (secondary N) is 1. The smallest absolute Gasteiger partial charge is 0.254 e. The third-order valence-corrected chi connectivity index (χ3v) is 5.08. The Morgan fingerprint density at radius 2 is 2.27 bits per heavy atom. The average Bonchev–Trinajstić information content (AvgIpc) is 2.55. The molecule has 0 spiro atoms. The van der Waals surface area contributed by atoms with Crippen LogP contribution < -0.4 is 10.9 Å². The molecule has 2 rings (SSSR count). The van der Waals surface area contributed by atoms with Gasteiger partial charge in [0.25, 0.3) is 5.56 Å². The van der Waals surface area contributed by atoms with Gasteiger partial charge in [0, 0.05) is 31.1 Å². The first kappa shape index (κ1) is 17.0. The Morgan fingerprint density at radius 3 is 3.00 bits per heavy atom. The van der Waals surface area contributed by atoms with E-state index in [1.807, 2.05) is 0 Å². The molecule has 1 aliphatic heterocycles. The Kier molecular flexibility index (Phi) is 6.45. The zero-order chi connectivity index (χ0) is 15.9. The maximum Gasteiger partial charge on any atom is 0.254 e. The van der Waals surface area contributed by atoms with Crippen LogP contribution in [-0.2, 0) is 11.3 Å². The lowest BCUT2D eigenvalue weighted by molar-refractivity contribution is -0.124. The van der Waals surface area contributed by atoms with Crippen LogP contribution in [0.25, 0.3) is 0 Å². The van der Waals surface area contributed by atoms with Gasteiger partial charge in [-0.25, -0.2) is 4.98 Å². The lowest BCUT2D eigenvalue weighted by Crippen LogP contribution is -2.40. The molecule has 0 aliphatic carbocycles. The highest BCUT2D eigenvalue weighted by atomic mass is 32.2. The molecule has 22 heavy (non-hydrogen) atoms. The summed E-state index contributed by atoms with van der Waals surface area (Å²) < 4.78 is 1.59. The van der Waals surface area contributed by atoms with Gasteiger partial charge in [-0.2, -0.15) is 0 Å². The molecule has 0 bridgehead atoms. The van der Waals surface area contributed by atoms with Crippen molar-refractivity contribution in [3.05, 3.63) is 22.6 Å². The average molecular weight is 324 g/mol. The van der Waals surface area contributed by atoms with E-state index < -0.39 is 0 Å². The van der Waals surface area contributed by atoms with E-state index >= 15 is 0 Å². The SMILES string of the molecule is CCN(CC)CCCNC(=O)C1CSc2nccc(=O)n2C1. The molecule has 0 fully saturated rings. The number of nitrogens with zero attached hydrogens (tertiary/aromatic N) is 3. The van der Waals surface area contributed by atoms with Crippen molar-refractivity contribution in [3.8, 4) is 0 Å². The topological polar surface area (TPSA) is 67.2 Å². The minimum Gasteiger partial charge on any atom is -0.356 e. The van der Waals surface area contributed by atoms with Crippen molar-refractivity contribution in [1.29, 1.82) is 0 Å². The molecule has 1 N–H and O–H groups in total. The first-order valence-electron chi connectivity index (χ1n) is 7.84. The highest BCUT2D eigenvalue weighted by Crippen LogP contribution is 2.24. The molecule has 0 saturated heterocycles.